The summed E-state index contributed by atoms with van der Waals surface area (Å²) >= 11 is 0. The van der Waals surface area contributed by atoms with Gasteiger partial charge in [0.2, 0.25) is 15.8 Å². The predicted octanol–water partition coefficient (Wildman–Crippen LogP) is 3.27. The number of hydrogen-bond donors (Lipinski definition) is 0. The van der Waals surface area contributed by atoms with Crippen LogP contribution in [0.1, 0.15) is 29.8 Å². The zero-order chi connectivity index (χ0) is 22.0. The first kappa shape index (κ1) is 23.8. The van der Waals surface area contributed by atoms with Crippen LogP contribution in [0, 0.1) is 18.8 Å². The second-order valence-electron chi connectivity index (χ2n) is 6.45. The maximum absolute atomic E-state index is 13.2. The molecule has 0 saturated heterocycles. The van der Waals surface area contributed by atoms with Crippen LogP contribution >= 0.6 is 0 Å². The maximum atomic E-state index is 13.2. The molecule has 0 fully saturated rings. The molecule has 7 heteroatoms. The molecule has 0 atom stereocenters. The topological polar surface area (TPSA) is 72.9 Å². The quantitative estimate of drug-likeness (QED) is 0.251. The lowest BCUT2D eigenvalue weighted by Gasteiger charge is -2.25. The van der Waals surface area contributed by atoms with E-state index in [1.807, 2.05) is 26.8 Å². The monoisotopic (exact) mass is 429 g/mol. The largest absolute Gasteiger partial charge is 0.352 e. The van der Waals surface area contributed by atoms with E-state index < -0.39 is 16.3 Å². The lowest BCUT2D eigenvalue weighted by Crippen LogP contribution is -2.40. The number of nitrogens with zero attached hydrogens (tertiary/aromatic N) is 1. The van der Waals surface area contributed by atoms with Crippen molar-refractivity contribution in [3.05, 3.63) is 65.7 Å². The second-order valence-corrected chi connectivity index (χ2v) is 8.39. The molecule has 0 N–H and O–H groups in total. The first-order chi connectivity index (χ1) is 14.4. The maximum Gasteiger partial charge on any atom is 0.244 e. The fourth-order valence-corrected chi connectivity index (χ4v) is 4.00. The standard InChI is InChI=1S/C23H27NO5S/c1-4-28-23(29-5-2)18-24(30(26,27)21-15-13-19(3)14-16-21)17-9-12-22(25)20-10-7-6-8-11-20/h6-8,10-11,13-16,23H,4-5,17-18H2,1-3H3. The lowest BCUT2D eigenvalue weighted by atomic mass is 10.1. The van der Waals surface area contributed by atoms with Gasteiger partial charge in [0.1, 0.15) is 0 Å². The molecule has 30 heavy (non-hydrogen) atoms. The Hall–Kier alpha value is -2.50. The Morgan fingerprint density at radius 1 is 1.00 bits per heavy atom. The highest BCUT2D eigenvalue weighted by molar-refractivity contribution is 7.89. The number of ketones is 1. The van der Waals surface area contributed by atoms with E-state index in [4.69, 9.17) is 9.47 Å². The molecule has 0 aromatic heterocycles. The summed E-state index contributed by atoms with van der Waals surface area (Å²) in [5.41, 5.74) is 1.41. The van der Waals surface area contributed by atoms with Crippen LogP contribution in [-0.4, -0.2) is 51.1 Å². The normalized spacial score (nSPS) is 11.4. The van der Waals surface area contributed by atoms with Gasteiger partial charge in [0, 0.05) is 18.8 Å². The Bertz CT molecular complexity index is 970. The summed E-state index contributed by atoms with van der Waals surface area (Å²) in [6, 6.07) is 15.2. The van der Waals surface area contributed by atoms with E-state index in [-0.39, 0.29) is 23.8 Å². The fourth-order valence-electron chi connectivity index (χ4n) is 2.67. The Morgan fingerprint density at radius 3 is 2.17 bits per heavy atom. The average molecular weight is 430 g/mol. The molecule has 0 unspecified atom stereocenters. The Balaban J connectivity index is 2.28. The molecular formula is C23H27NO5S. The zero-order valence-electron chi connectivity index (χ0n) is 17.5. The smallest absolute Gasteiger partial charge is 0.244 e. The minimum atomic E-state index is -3.85. The minimum absolute atomic E-state index is 0.0356. The van der Waals surface area contributed by atoms with Gasteiger partial charge in [-0.3, -0.25) is 4.79 Å². The number of carbonyl (C=O) groups excluding carboxylic acids is 1. The molecule has 0 amide bonds. The Morgan fingerprint density at radius 2 is 1.60 bits per heavy atom. The number of sulfonamides is 1. The number of carbonyl (C=O) groups is 1. The number of hydrogen-bond acceptors (Lipinski definition) is 5. The summed E-state index contributed by atoms with van der Waals surface area (Å²) in [6.07, 6.45) is -0.730. The van der Waals surface area contributed by atoms with Crippen LogP contribution in [0.5, 0.6) is 0 Å². The molecule has 0 saturated carbocycles. The molecule has 2 rings (SSSR count). The lowest BCUT2D eigenvalue weighted by molar-refractivity contribution is -0.139. The van der Waals surface area contributed by atoms with Crippen LogP contribution in [0.15, 0.2) is 59.5 Å². The summed E-state index contributed by atoms with van der Waals surface area (Å²) in [5.74, 6) is 4.85. The van der Waals surface area contributed by atoms with Crippen molar-refractivity contribution in [3.8, 4) is 11.8 Å². The molecule has 2 aromatic carbocycles. The van der Waals surface area contributed by atoms with E-state index in [0.29, 0.717) is 18.8 Å². The molecule has 160 valence electrons. The number of rotatable bonds is 10. The van der Waals surface area contributed by atoms with Crippen LogP contribution < -0.4 is 0 Å². The molecule has 0 aliphatic heterocycles. The summed E-state index contributed by atoms with van der Waals surface area (Å²) in [5, 5.41) is 0. The van der Waals surface area contributed by atoms with Gasteiger partial charge in [-0.2, -0.15) is 4.31 Å². The number of aryl methyl sites for hydroxylation is 1. The molecule has 0 spiro atoms. The van der Waals surface area contributed by atoms with Crippen molar-refractivity contribution in [3.63, 3.8) is 0 Å². The van der Waals surface area contributed by atoms with Crippen LogP contribution in [-0.2, 0) is 19.5 Å². The Kier molecular flexibility index (Phi) is 9.21. The van der Waals surface area contributed by atoms with E-state index in [9.17, 15) is 13.2 Å². The highest BCUT2D eigenvalue weighted by atomic mass is 32.2. The van der Waals surface area contributed by atoms with E-state index in [1.165, 1.54) is 4.31 Å². The van der Waals surface area contributed by atoms with Crippen molar-refractivity contribution in [2.45, 2.75) is 32.0 Å². The van der Waals surface area contributed by atoms with Gasteiger partial charge in [-0.1, -0.05) is 53.9 Å². The van der Waals surface area contributed by atoms with Gasteiger partial charge in [-0.05, 0) is 38.8 Å². The SMILES string of the molecule is CCOC(CN(CC#CC(=O)c1ccccc1)S(=O)(=O)c1ccc(C)cc1)OCC. The average Bonchev–Trinajstić information content (AvgIpc) is 2.74. The van der Waals surface area contributed by atoms with E-state index in [2.05, 4.69) is 11.8 Å². The van der Waals surface area contributed by atoms with E-state index in [0.717, 1.165) is 5.56 Å². The molecule has 0 aliphatic rings. The number of Topliss-reactive ketones (excluding diaryl/α,β-unsaturated/α-hetero) is 1. The van der Waals surface area contributed by atoms with E-state index >= 15 is 0 Å². The van der Waals surface area contributed by atoms with E-state index in [1.54, 1.807) is 48.5 Å². The summed E-state index contributed by atoms with van der Waals surface area (Å²) in [7, 11) is -3.85. The summed E-state index contributed by atoms with van der Waals surface area (Å²) < 4.78 is 38.6. The van der Waals surface area contributed by atoms with Gasteiger partial charge in [-0.25, -0.2) is 8.42 Å². The van der Waals surface area contributed by atoms with Gasteiger partial charge in [0.15, 0.2) is 6.29 Å². The predicted molar refractivity (Wildman–Crippen MR) is 116 cm³/mol. The van der Waals surface area contributed by atoms with Gasteiger partial charge in [0.05, 0.1) is 18.0 Å². The highest BCUT2D eigenvalue weighted by Crippen LogP contribution is 2.17. The Labute approximate surface area is 178 Å². The van der Waals surface area contributed by atoms with Crippen molar-refractivity contribution in [2.75, 3.05) is 26.3 Å². The molecule has 2 aromatic rings. The molecular weight excluding hydrogens is 402 g/mol. The first-order valence-electron chi connectivity index (χ1n) is 9.76. The van der Waals surface area contributed by atoms with Crippen molar-refractivity contribution >= 4 is 15.8 Å². The van der Waals surface area contributed by atoms with Crippen LogP contribution in [0.25, 0.3) is 0 Å². The van der Waals surface area contributed by atoms with Crippen LogP contribution in [0.2, 0.25) is 0 Å². The second kappa shape index (κ2) is 11.6. The van der Waals surface area contributed by atoms with Crippen LogP contribution in [0.3, 0.4) is 0 Å². The van der Waals surface area contributed by atoms with Gasteiger partial charge in [0.25, 0.3) is 0 Å². The third-order valence-corrected chi connectivity index (χ3v) is 6.04. The van der Waals surface area contributed by atoms with Crippen molar-refractivity contribution in [2.24, 2.45) is 0 Å². The first-order valence-corrected chi connectivity index (χ1v) is 11.2. The summed E-state index contributed by atoms with van der Waals surface area (Å²) in [4.78, 5) is 12.4. The van der Waals surface area contributed by atoms with Crippen molar-refractivity contribution in [1.29, 1.82) is 0 Å². The minimum Gasteiger partial charge on any atom is -0.352 e. The third kappa shape index (κ3) is 6.78. The van der Waals surface area contributed by atoms with Gasteiger partial charge < -0.3 is 9.47 Å². The van der Waals surface area contributed by atoms with Crippen molar-refractivity contribution < 1.29 is 22.7 Å². The molecule has 0 heterocycles. The number of benzene rings is 2. The van der Waals surface area contributed by atoms with Crippen molar-refractivity contribution in [1.82, 2.24) is 4.31 Å². The van der Waals surface area contributed by atoms with Crippen LogP contribution in [0.4, 0.5) is 0 Å². The third-order valence-electron chi connectivity index (χ3n) is 4.21. The molecule has 0 bridgehead atoms. The fraction of sp³-hybridized carbons (Fsp3) is 0.348. The highest BCUT2D eigenvalue weighted by Gasteiger charge is 2.27. The van der Waals surface area contributed by atoms with Gasteiger partial charge in [-0.15, -0.1) is 0 Å². The molecule has 6 nitrogen and oxygen atoms in total. The zero-order valence-corrected chi connectivity index (χ0v) is 18.3. The molecule has 0 radical (unpaired) electrons. The number of ether oxygens (including phenoxy) is 2. The van der Waals surface area contributed by atoms with Gasteiger partial charge >= 0.3 is 0 Å². The molecule has 0 aliphatic carbocycles. The summed E-state index contributed by atoms with van der Waals surface area (Å²) in [6.45, 7) is 6.06.